The van der Waals surface area contributed by atoms with Gasteiger partial charge < -0.3 is 9.64 Å². The van der Waals surface area contributed by atoms with Crippen molar-refractivity contribution in [2.75, 3.05) is 13.2 Å². The van der Waals surface area contributed by atoms with E-state index in [1.165, 1.54) is 36.9 Å². The number of hydrogen-bond acceptors (Lipinski definition) is 2. The first kappa shape index (κ1) is 15.3. The molecule has 1 aliphatic carbocycles. The van der Waals surface area contributed by atoms with Gasteiger partial charge in [-0.25, -0.2) is 0 Å². The molecule has 0 amide bonds. The first-order valence-electron chi connectivity index (χ1n) is 9.21. The van der Waals surface area contributed by atoms with Crippen LogP contribution in [0.1, 0.15) is 57.9 Å². The lowest BCUT2D eigenvalue weighted by Gasteiger charge is -2.55. The molecule has 2 fully saturated rings. The maximum absolute atomic E-state index is 6.51. The molecule has 0 radical (unpaired) electrons. The van der Waals surface area contributed by atoms with Gasteiger partial charge in [-0.05, 0) is 24.8 Å². The smallest absolute Gasteiger partial charge is 0.144 e. The van der Waals surface area contributed by atoms with Crippen LogP contribution in [0.4, 0.5) is 0 Å². The molecule has 1 aromatic carbocycles. The number of nitrogens with zero attached hydrogens (tertiary/aromatic N) is 1. The van der Waals surface area contributed by atoms with Gasteiger partial charge in [0.15, 0.2) is 0 Å². The topological polar surface area (TPSA) is 12.5 Å². The summed E-state index contributed by atoms with van der Waals surface area (Å²) in [5.74, 6) is 1.08. The van der Waals surface area contributed by atoms with Crippen molar-refractivity contribution in [3.63, 3.8) is 0 Å². The first-order chi connectivity index (χ1) is 11.0. The van der Waals surface area contributed by atoms with E-state index in [0.29, 0.717) is 11.8 Å². The highest BCUT2D eigenvalue weighted by atomic mass is 16.5. The number of hydrogen-bond donors (Lipinski definition) is 0. The molecule has 124 valence electrons. The summed E-state index contributed by atoms with van der Waals surface area (Å²) in [5.41, 5.74) is 3.06. The number of benzene rings is 1. The standard InChI is InChI=1S/C21H29NO/c1-20(2,3)19-15-17(16-9-5-4-6-10-16)18-11-7-8-12-21(18)22(19)13-14-23-21/h4-6,9-10,15,17-18H,7-8,11-14H2,1-3H3/t17-,18+,21+/m0/s1. The molecule has 1 saturated heterocycles. The van der Waals surface area contributed by atoms with Crippen LogP contribution in [0.2, 0.25) is 0 Å². The summed E-state index contributed by atoms with van der Waals surface area (Å²) in [6.45, 7) is 8.97. The highest BCUT2D eigenvalue weighted by molar-refractivity contribution is 5.33. The van der Waals surface area contributed by atoms with Crippen LogP contribution in [0.5, 0.6) is 0 Å². The Hall–Kier alpha value is -1.28. The molecule has 3 aliphatic rings. The fraction of sp³-hybridized carbons (Fsp3) is 0.619. The molecule has 0 bridgehead atoms. The van der Waals surface area contributed by atoms with Gasteiger partial charge in [0.2, 0.25) is 0 Å². The predicted molar refractivity (Wildman–Crippen MR) is 94.1 cm³/mol. The third-order valence-electron chi connectivity index (χ3n) is 6.02. The molecule has 0 unspecified atom stereocenters. The Kier molecular flexibility index (Phi) is 3.57. The van der Waals surface area contributed by atoms with Crippen molar-refractivity contribution in [2.45, 2.75) is 58.1 Å². The zero-order chi connectivity index (χ0) is 16.1. The molecular formula is C21H29NO. The lowest BCUT2D eigenvalue weighted by Crippen LogP contribution is -2.57. The Morgan fingerprint density at radius 2 is 1.91 bits per heavy atom. The second-order valence-corrected chi connectivity index (χ2v) is 8.44. The minimum Gasteiger partial charge on any atom is -0.353 e. The fourth-order valence-corrected chi connectivity index (χ4v) is 5.07. The van der Waals surface area contributed by atoms with E-state index in [2.05, 4.69) is 62.1 Å². The second-order valence-electron chi connectivity index (χ2n) is 8.44. The fourth-order valence-electron chi connectivity index (χ4n) is 5.07. The summed E-state index contributed by atoms with van der Waals surface area (Å²) in [6, 6.07) is 11.1. The molecule has 23 heavy (non-hydrogen) atoms. The molecule has 1 aromatic rings. The van der Waals surface area contributed by atoms with E-state index in [0.717, 1.165) is 13.2 Å². The average molecular weight is 311 g/mol. The molecule has 0 N–H and O–H groups in total. The van der Waals surface area contributed by atoms with E-state index in [1.807, 2.05) is 0 Å². The molecule has 4 rings (SSSR count). The third-order valence-corrected chi connectivity index (χ3v) is 6.02. The van der Waals surface area contributed by atoms with E-state index in [9.17, 15) is 0 Å². The van der Waals surface area contributed by atoms with Gasteiger partial charge in [-0.15, -0.1) is 0 Å². The minimum absolute atomic E-state index is 0.0455. The largest absolute Gasteiger partial charge is 0.353 e. The SMILES string of the molecule is CC(C)(C)C1=C[C@@H](c2ccccc2)[C@H]2CCCC[C@@]23OCCN13. The van der Waals surface area contributed by atoms with Crippen LogP contribution in [0.15, 0.2) is 42.1 Å². The summed E-state index contributed by atoms with van der Waals surface area (Å²) in [6.07, 6.45) is 7.67. The summed E-state index contributed by atoms with van der Waals surface area (Å²) in [4.78, 5) is 2.64. The van der Waals surface area contributed by atoms with E-state index in [-0.39, 0.29) is 11.1 Å². The van der Waals surface area contributed by atoms with E-state index >= 15 is 0 Å². The molecule has 1 saturated carbocycles. The summed E-state index contributed by atoms with van der Waals surface area (Å²) >= 11 is 0. The average Bonchev–Trinajstić information content (AvgIpc) is 2.96. The van der Waals surface area contributed by atoms with Crippen molar-refractivity contribution >= 4 is 0 Å². The lowest BCUT2D eigenvalue weighted by molar-refractivity contribution is -0.151. The maximum Gasteiger partial charge on any atom is 0.144 e. The van der Waals surface area contributed by atoms with E-state index < -0.39 is 0 Å². The van der Waals surface area contributed by atoms with Gasteiger partial charge in [-0.2, -0.15) is 0 Å². The monoisotopic (exact) mass is 311 g/mol. The number of rotatable bonds is 1. The summed E-state index contributed by atoms with van der Waals surface area (Å²) in [5, 5.41) is 0. The molecule has 2 heterocycles. The minimum atomic E-state index is -0.0455. The van der Waals surface area contributed by atoms with Crippen molar-refractivity contribution in [2.24, 2.45) is 11.3 Å². The molecule has 3 atom stereocenters. The zero-order valence-electron chi connectivity index (χ0n) is 14.7. The van der Waals surface area contributed by atoms with Gasteiger partial charge in [0.1, 0.15) is 5.72 Å². The van der Waals surface area contributed by atoms with Gasteiger partial charge in [0.05, 0.1) is 6.61 Å². The first-order valence-corrected chi connectivity index (χ1v) is 9.21. The zero-order valence-corrected chi connectivity index (χ0v) is 14.7. The van der Waals surface area contributed by atoms with Crippen molar-refractivity contribution in [1.82, 2.24) is 4.90 Å². The van der Waals surface area contributed by atoms with Crippen LogP contribution in [0.3, 0.4) is 0 Å². The normalized spacial score (nSPS) is 33.9. The van der Waals surface area contributed by atoms with Gasteiger partial charge in [-0.3, -0.25) is 0 Å². The van der Waals surface area contributed by atoms with Crippen molar-refractivity contribution in [1.29, 1.82) is 0 Å². The Morgan fingerprint density at radius 3 is 2.65 bits per heavy atom. The Balaban J connectivity index is 1.86. The summed E-state index contributed by atoms with van der Waals surface area (Å²) < 4.78 is 6.51. The van der Waals surface area contributed by atoms with Crippen LogP contribution in [-0.2, 0) is 4.74 Å². The van der Waals surface area contributed by atoms with Crippen LogP contribution in [0, 0.1) is 11.3 Å². The highest BCUT2D eigenvalue weighted by Gasteiger charge is 2.56. The van der Waals surface area contributed by atoms with Crippen molar-refractivity contribution in [3.05, 3.63) is 47.7 Å². The molecular weight excluding hydrogens is 282 g/mol. The Bertz CT molecular complexity index is 600. The molecule has 2 aliphatic heterocycles. The van der Waals surface area contributed by atoms with Gasteiger partial charge in [-0.1, -0.05) is 63.6 Å². The third kappa shape index (κ3) is 2.34. The Morgan fingerprint density at radius 1 is 1.13 bits per heavy atom. The van der Waals surface area contributed by atoms with Crippen LogP contribution < -0.4 is 0 Å². The second kappa shape index (κ2) is 5.37. The molecule has 1 spiro atoms. The molecule has 0 aromatic heterocycles. The maximum atomic E-state index is 6.51. The summed E-state index contributed by atoms with van der Waals surface area (Å²) in [7, 11) is 0. The van der Waals surface area contributed by atoms with Gasteiger partial charge in [0, 0.05) is 29.5 Å². The molecule has 2 heteroatoms. The van der Waals surface area contributed by atoms with E-state index in [1.54, 1.807) is 0 Å². The molecule has 2 nitrogen and oxygen atoms in total. The van der Waals surface area contributed by atoms with Gasteiger partial charge >= 0.3 is 0 Å². The number of ether oxygens (including phenoxy) is 1. The van der Waals surface area contributed by atoms with Crippen LogP contribution in [0.25, 0.3) is 0 Å². The lowest BCUT2D eigenvalue weighted by atomic mass is 9.66. The van der Waals surface area contributed by atoms with E-state index in [4.69, 9.17) is 4.74 Å². The van der Waals surface area contributed by atoms with Gasteiger partial charge in [0.25, 0.3) is 0 Å². The number of allylic oxidation sites excluding steroid dienone is 2. The predicted octanol–water partition coefficient (Wildman–Crippen LogP) is 4.93. The van der Waals surface area contributed by atoms with Crippen molar-refractivity contribution < 1.29 is 4.74 Å². The van der Waals surface area contributed by atoms with Crippen LogP contribution >= 0.6 is 0 Å². The Labute approximate surface area is 140 Å². The van der Waals surface area contributed by atoms with Crippen LogP contribution in [-0.4, -0.2) is 23.8 Å². The quantitative estimate of drug-likeness (QED) is 0.729. The highest BCUT2D eigenvalue weighted by Crippen LogP contribution is 2.55. The van der Waals surface area contributed by atoms with Crippen molar-refractivity contribution in [3.8, 4) is 0 Å².